The number of halogens is 1. The number of nitrogens with zero attached hydrogens (tertiary/aromatic N) is 3. The SMILES string of the molecule is CN(CC1(O)CCCC1)c1ncc(I)cn1. The molecule has 16 heavy (non-hydrogen) atoms. The number of aromatic nitrogens is 2. The predicted molar refractivity (Wildman–Crippen MR) is 71.4 cm³/mol. The minimum atomic E-state index is -0.541. The summed E-state index contributed by atoms with van der Waals surface area (Å²) in [7, 11) is 1.93. The Morgan fingerprint density at radius 2 is 1.94 bits per heavy atom. The Morgan fingerprint density at radius 1 is 1.38 bits per heavy atom. The Balaban J connectivity index is 2.02. The molecule has 1 aromatic rings. The van der Waals surface area contributed by atoms with Crippen molar-refractivity contribution in [3.63, 3.8) is 0 Å². The molecule has 88 valence electrons. The third-order valence-electron chi connectivity index (χ3n) is 3.01. The minimum Gasteiger partial charge on any atom is -0.388 e. The van der Waals surface area contributed by atoms with E-state index >= 15 is 0 Å². The molecule has 0 saturated heterocycles. The van der Waals surface area contributed by atoms with Gasteiger partial charge < -0.3 is 10.0 Å². The highest BCUT2D eigenvalue weighted by molar-refractivity contribution is 14.1. The standard InChI is InChI=1S/C11H16IN3O/c1-15(8-11(16)4-2-3-5-11)10-13-6-9(12)7-14-10/h6-7,16H,2-5,8H2,1H3. The van der Waals surface area contributed by atoms with Crippen LogP contribution in [-0.2, 0) is 0 Å². The van der Waals surface area contributed by atoms with Crippen LogP contribution in [0.3, 0.4) is 0 Å². The molecule has 1 saturated carbocycles. The summed E-state index contributed by atoms with van der Waals surface area (Å²) in [5.74, 6) is 0.681. The van der Waals surface area contributed by atoms with Crippen LogP contribution >= 0.6 is 22.6 Å². The van der Waals surface area contributed by atoms with Gasteiger partial charge in [0.1, 0.15) is 0 Å². The third kappa shape index (κ3) is 2.82. The Hall–Kier alpha value is -0.430. The summed E-state index contributed by atoms with van der Waals surface area (Å²) in [6.45, 7) is 0.619. The number of hydrogen-bond acceptors (Lipinski definition) is 4. The van der Waals surface area contributed by atoms with Crippen LogP contribution in [0.25, 0.3) is 0 Å². The molecule has 1 aliphatic rings. The van der Waals surface area contributed by atoms with E-state index in [2.05, 4.69) is 32.6 Å². The van der Waals surface area contributed by atoms with Crippen LogP contribution in [0.15, 0.2) is 12.4 Å². The van der Waals surface area contributed by atoms with E-state index in [1.54, 1.807) is 12.4 Å². The van der Waals surface area contributed by atoms with Crippen LogP contribution in [-0.4, -0.2) is 34.3 Å². The molecule has 4 nitrogen and oxygen atoms in total. The summed E-state index contributed by atoms with van der Waals surface area (Å²) in [5.41, 5.74) is -0.541. The molecule has 0 amide bonds. The Labute approximate surface area is 109 Å². The van der Waals surface area contributed by atoms with Crippen LogP contribution in [0.4, 0.5) is 5.95 Å². The first-order valence-corrected chi connectivity index (χ1v) is 6.58. The van der Waals surface area contributed by atoms with Gasteiger partial charge in [-0.05, 0) is 35.4 Å². The molecule has 0 aliphatic heterocycles. The molecule has 1 heterocycles. The summed E-state index contributed by atoms with van der Waals surface area (Å²) in [5, 5.41) is 10.3. The first kappa shape index (κ1) is 12.0. The van der Waals surface area contributed by atoms with Crippen LogP contribution in [0, 0.1) is 3.57 Å². The van der Waals surface area contributed by atoms with Crippen molar-refractivity contribution >= 4 is 28.5 Å². The Bertz CT molecular complexity index is 349. The van der Waals surface area contributed by atoms with Crippen molar-refractivity contribution in [3.05, 3.63) is 16.0 Å². The zero-order valence-corrected chi connectivity index (χ0v) is 11.5. The summed E-state index contributed by atoms with van der Waals surface area (Å²) in [6, 6.07) is 0. The van der Waals surface area contributed by atoms with E-state index in [9.17, 15) is 5.11 Å². The first-order valence-electron chi connectivity index (χ1n) is 5.50. The number of aliphatic hydroxyl groups is 1. The van der Waals surface area contributed by atoms with Gasteiger partial charge in [0, 0.05) is 29.6 Å². The van der Waals surface area contributed by atoms with Crippen LogP contribution < -0.4 is 4.90 Å². The fourth-order valence-electron chi connectivity index (χ4n) is 2.21. The summed E-state index contributed by atoms with van der Waals surface area (Å²) in [4.78, 5) is 10.4. The maximum absolute atomic E-state index is 10.3. The van der Waals surface area contributed by atoms with Crippen molar-refractivity contribution in [2.45, 2.75) is 31.3 Å². The molecule has 5 heteroatoms. The highest BCUT2D eigenvalue weighted by Gasteiger charge is 2.32. The van der Waals surface area contributed by atoms with E-state index < -0.39 is 5.60 Å². The lowest BCUT2D eigenvalue weighted by Gasteiger charge is -2.28. The molecule has 0 radical (unpaired) electrons. The second kappa shape index (κ2) is 4.83. The van der Waals surface area contributed by atoms with Crippen molar-refractivity contribution in [2.75, 3.05) is 18.5 Å². The lowest BCUT2D eigenvalue weighted by Crippen LogP contribution is -2.39. The van der Waals surface area contributed by atoms with E-state index in [0.29, 0.717) is 12.5 Å². The predicted octanol–water partition coefficient (Wildman–Crippen LogP) is 1.82. The fourth-order valence-corrected chi connectivity index (χ4v) is 2.48. The zero-order valence-electron chi connectivity index (χ0n) is 9.36. The molecule has 1 fully saturated rings. The minimum absolute atomic E-state index is 0.541. The molecule has 0 bridgehead atoms. The van der Waals surface area contributed by atoms with Crippen molar-refractivity contribution in [1.29, 1.82) is 0 Å². The van der Waals surface area contributed by atoms with E-state index in [1.807, 2.05) is 11.9 Å². The van der Waals surface area contributed by atoms with Gasteiger partial charge in [-0.2, -0.15) is 0 Å². The third-order valence-corrected chi connectivity index (χ3v) is 3.57. The topological polar surface area (TPSA) is 49.2 Å². The smallest absolute Gasteiger partial charge is 0.225 e. The lowest BCUT2D eigenvalue weighted by atomic mass is 10.0. The second-order valence-electron chi connectivity index (χ2n) is 4.49. The van der Waals surface area contributed by atoms with Gasteiger partial charge in [-0.1, -0.05) is 12.8 Å². The van der Waals surface area contributed by atoms with Gasteiger partial charge in [0.25, 0.3) is 0 Å². The largest absolute Gasteiger partial charge is 0.388 e. The average molecular weight is 333 g/mol. The van der Waals surface area contributed by atoms with E-state index in [1.165, 1.54) is 0 Å². The zero-order chi connectivity index (χ0) is 11.6. The molecule has 0 atom stereocenters. The van der Waals surface area contributed by atoms with Crippen molar-refractivity contribution in [3.8, 4) is 0 Å². The fraction of sp³-hybridized carbons (Fsp3) is 0.636. The Kier molecular flexibility index (Phi) is 3.63. The Morgan fingerprint density at radius 3 is 2.50 bits per heavy atom. The number of anilines is 1. The van der Waals surface area contributed by atoms with Gasteiger partial charge in [-0.25, -0.2) is 9.97 Å². The highest BCUT2D eigenvalue weighted by atomic mass is 127. The van der Waals surface area contributed by atoms with Gasteiger partial charge in [0.15, 0.2) is 0 Å². The number of likely N-dealkylation sites (N-methyl/N-ethyl adjacent to an activating group) is 1. The average Bonchev–Trinajstić information content (AvgIpc) is 2.65. The van der Waals surface area contributed by atoms with E-state index in [0.717, 1.165) is 29.3 Å². The quantitative estimate of drug-likeness (QED) is 0.858. The van der Waals surface area contributed by atoms with Crippen LogP contribution in [0.2, 0.25) is 0 Å². The van der Waals surface area contributed by atoms with E-state index in [-0.39, 0.29) is 0 Å². The molecule has 2 rings (SSSR count). The van der Waals surface area contributed by atoms with E-state index in [4.69, 9.17) is 0 Å². The molecule has 1 aliphatic carbocycles. The molecule has 1 aromatic heterocycles. The van der Waals surface area contributed by atoms with Gasteiger partial charge in [-0.15, -0.1) is 0 Å². The van der Waals surface area contributed by atoms with Crippen molar-refractivity contribution < 1.29 is 5.11 Å². The number of rotatable bonds is 3. The number of hydrogen-bond donors (Lipinski definition) is 1. The molecule has 0 spiro atoms. The molecule has 0 unspecified atom stereocenters. The van der Waals surface area contributed by atoms with Gasteiger partial charge in [0.05, 0.1) is 5.60 Å². The van der Waals surface area contributed by atoms with Crippen molar-refractivity contribution in [2.24, 2.45) is 0 Å². The van der Waals surface area contributed by atoms with Crippen LogP contribution in [0.1, 0.15) is 25.7 Å². The summed E-state index contributed by atoms with van der Waals surface area (Å²) >= 11 is 2.18. The lowest BCUT2D eigenvalue weighted by molar-refractivity contribution is 0.0556. The molecular weight excluding hydrogens is 317 g/mol. The normalized spacial score (nSPS) is 18.7. The van der Waals surface area contributed by atoms with Gasteiger partial charge in [0.2, 0.25) is 5.95 Å². The maximum atomic E-state index is 10.3. The van der Waals surface area contributed by atoms with Crippen molar-refractivity contribution in [1.82, 2.24) is 9.97 Å². The first-order chi connectivity index (χ1) is 7.59. The summed E-state index contributed by atoms with van der Waals surface area (Å²) in [6.07, 6.45) is 7.61. The molecule has 1 N–H and O–H groups in total. The van der Waals surface area contributed by atoms with Gasteiger partial charge in [-0.3, -0.25) is 0 Å². The maximum Gasteiger partial charge on any atom is 0.225 e. The molecular formula is C11H16IN3O. The summed E-state index contributed by atoms with van der Waals surface area (Å²) < 4.78 is 1.02. The second-order valence-corrected chi connectivity index (χ2v) is 5.73. The monoisotopic (exact) mass is 333 g/mol. The highest BCUT2D eigenvalue weighted by Crippen LogP contribution is 2.30. The molecule has 0 aromatic carbocycles. The van der Waals surface area contributed by atoms with Gasteiger partial charge >= 0.3 is 0 Å². The van der Waals surface area contributed by atoms with Crippen LogP contribution in [0.5, 0.6) is 0 Å².